The second-order valence-corrected chi connectivity index (χ2v) is 6.20. The molecule has 5 nitrogen and oxygen atoms in total. The molecule has 0 radical (unpaired) electrons. The molecule has 0 saturated heterocycles. The van der Waals surface area contributed by atoms with Crippen LogP contribution in [0.2, 0.25) is 0 Å². The van der Waals surface area contributed by atoms with Crippen molar-refractivity contribution in [2.75, 3.05) is 5.32 Å². The van der Waals surface area contributed by atoms with Crippen molar-refractivity contribution in [1.29, 1.82) is 0 Å². The summed E-state index contributed by atoms with van der Waals surface area (Å²) in [4.78, 5) is 12.1. The van der Waals surface area contributed by atoms with E-state index in [0.29, 0.717) is 11.7 Å². The van der Waals surface area contributed by atoms with Crippen molar-refractivity contribution in [3.8, 4) is 0 Å². The summed E-state index contributed by atoms with van der Waals surface area (Å²) in [6, 6.07) is 1.92. The van der Waals surface area contributed by atoms with Crippen molar-refractivity contribution in [1.82, 2.24) is 10.2 Å². The lowest BCUT2D eigenvalue weighted by Crippen LogP contribution is -2.24. The topological polar surface area (TPSA) is 78.0 Å². The van der Waals surface area contributed by atoms with Gasteiger partial charge >= 0.3 is 0 Å². The molecule has 2 aliphatic rings. The van der Waals surface area contributed by atoms with Crippen LogP contribution in [0.15, 0.2) is 6.07 Å². The van der Waals surface area contributed by atoms with Crippen LogP contribution in [0.4, 0.5) is 5.82 Å². The standard InChI is InChI=1S/C15H23N3O2/c19-12-7-6-11(8-12)13-9-14(18-17-13)16-15(20)10-4-2-1-3-5-10/h9-12,19H,1-8H2,(H2,16,17,18,20). The normalized spacial score (nSPS) is 27.6. The van der Waals surface area contributed by atoms with Crippen LogP contribution in [0.1, 0.15) is 63.0 Å². The number of H-pyrrole nitrogens is 1. The van der Waals surface area contributed by atoms with Gasteiger partial charge in [-0.25, -0.2) is 0 Å². The van der Waals surface area contributed by atoms with Gasteiger partial charge in [-0.15, -0.1) is 0 Å². The van der Waals surface area contributed by atoms with Gasteiger partial charge in [0.2, 0.25) is 5.91 Å². The maximum atomic E-state index is 12.1. The maximum absolute atomic E-state index is 12.1. The van der Waals surface area contributed by atoms with E-state index in [2.05, 4.69) is 15.5 Å². The predicted molar refractivity (Wildman–Crippen MR) is 76.4 cm³/mol. The Morgan fingerprint density at radius 3 is 2.75 bits per heavy atom. The van der Waals surface area contributed by atoms with Crippen LogP contribution in [-0.2, 0) is 4.79 Å². The molecule has 1 heterocycles. The van der Waals surface area contributed by atoms with E-state index in [4.69, 9.17) is 0 Å². The van der Waals surface area contributed by atoms with E-state index < -0.39 is 0 Å². The second kappa shape index (κ2) is 5.95. The van der Waals surface area contributed by atoms with Gasteiger partial charge in [0, 0.05) is 23.6 Å². The fraction of sp³-hybridized carbons (Fsp3) is 0.733. The van der Waals surface area contributed by atoms with Gasteiger partial charge < -0.3 is 10.4 Å². The molecular formula is C15H23N3O2. The first-order valence-electron chi connectivity index (χ1n) is 7.76. The molecule has 2 aliphatic carbocycles. The Kier molecular flexibility index (Phi) is 4.05. The van der Waals surface area contributed by atoms with E-state index >= 15 is 0 Å². The Hall–Kier alpha value is -1.36. The van der Waals surface area contributed by atoms with E-state index in [9.17, 15) is 9.90 Å². The average Bonchev–Trinajstić information content (AvgIpc) is 3.09. The van der Waals surface area contributed by atoms with Crippen LogP contribution in [0.5, 0.6) is 0 Å². The van der Waals surface area contributed by atoms with Crippen LogP contribution < -0.4 is 5.32 Å². The Morgan fingerprint density at radius 2 is 2.05 bits per heavy atom. The second-order valence-electron chi connectivity index (χ2n) is 6.20. The van der Waals surface area contributed by atoms with Crippen molar-refractivity contribution in [3.05, 3.63) is 11.8 Å². The fourth-order valence-corrected chi connectivity index (χ4v) is 3.44. The number of hydrogen-bond acceptors (Lipinski definition) is 3. The molecule has 2 fully saturated rings. The minimum Gasteiger partial charge on any atom is -0.393 e. The summed E-state index contributed by atoms with van der Waals surface area (Å²) in [5.74, 6) is 1.22. The fourth-order valence-electron chi connectivity index (χ4n) is 3.44. The minimum atomic E-state index is -0.191. The molecule has 2 atom stereocenters. The average molecular weight is 277 g/mol. The Bertz CT molecular complexity index is 465. The minimum absolute atomic E-state index is 0.106. The number of hydrogen-bond donors (Lipinski definition) is 3. The third kappa shape index (κ3) is 3.03. The summed E-state index contributed by atoms with van der Waals surface area (Å²) in [6.45, 7) is 0. The zero-order valence-electron chi connectivity index (χ0n) is 11.8. The highest BCUT2D eigenvalue weighted by molar-refractivity contribution is 5.91. The van der Waals surface area contributed by atoms with E-state index in [1.807, 2.05) is 6.07 Å². The molecule has 3 rings (SSSR count). The van der Waals surface area contributed by atoms with E-state index in [0.717, 1.165) is 50.6 Å². The van der Waals surface area contributed by atoms with Gasteiger partial charge in [0.05, 0.1) is 6.10 Å². The van der Waals surface area contributed by atoms with Crippen LogP contribution in [-0.4, -0.2) is 27.3 Å². The molecule has 0 spiro atoms. The van der Waals surface area contributed by atoms with Gasteiger partial charge in [-0.2, -0.15) is 5.10 Å². The number of anilines is 1. The zero-order chi connectivity index (χ0) is 13.9. The monoisotopic (exact) mass is 277 g/mol. The number of rotatable bonds is 3. The molecule has 2 unspecified atom stereocenters. The molecule has 0 aliphatic heterocycles. The number of nitrogens with zero attached hydrogens (tertiary/aromatic N) is 1. The van der Waals surface area contributed by atoms with Gasteiger partial charge in [-0.05, 0) is 32.1 Å². The van der Waals surface area contributed by atoms with Crippen molar-refractivity contribution < 1.29 is 9.90 Å². The molecule has 5 heteroatoms. The molecule has 2 saturated carbocycles. The molecular weight excluding hydrogens is 254 g/mol. The van der Waals surface area contributed by atoms with Gasteiger partial charge in [-0.1, -0.05) is 19.3 Å². The van der Waals surface area contributed by atoms with Gasteiger partial charge in [-0.3, -0.25) is 9.89 Å². The SMILES string of the molecule is O=C(Nc1cc(C2CCC(O)C2)[nH]n1)C1CCCCC1. The van der Waals surface area contributed by atoms with Crippen molar-refractivity contribution in [2.24, 2.45) is 5.92 Å². The van der Waals surface area contributed by atoms with Crippen LogP contribution in [0.3, 0.4) is 0 Å². The highest BCUT2D eigenvalue weighted by Crippen LogP contribution is 2.34. The Balaban J connectivity index is 1.58. The number of aromatic amines is 1. The zero-order valence-corrected chi connectivity index (χ0v) is 11.8. The summed E-state index contributed by atoms with van der Waals surface area (Å²) in [7, 11) is 0. The maximum Gasteiger partial charge on any atom is 0.228 e. The number of nitrogens with one attached hydrogen (secondary N) is 2. The third-order valence-corrected chi connectivity index (χ3v) is 4.67. The lowest BCUT2D eigenvalue weighted by molar-refractivity contribution is -0.120. The summed E-state index contributed by atoms with van der Waals surface area (Å²) in [5.41, 5.74) is 1.03. The number of amides is 1. The summed E-state index contributed by atoms with van der Waals surface area (Å²) >= 11 is 0. The molecule has 0 aromatic carbocycles. The number of carbonyl (C=O) groups is 1. The number of aliphatic hydroxyl groups excluding tert-OH is 1. The van der Waals surface area contributed by atoms with Crippen molar-refractivity contribution in [3.63, 3.8) is 0 Å². The first kappa shape index (κ1) is 13.6. The molecule has 1 amide bonds. The van der Waals surface area contributed by atoms with Crippen LogP contribution in [0, 0.1) is 5.92 Å². The molecule has 0 bridgehead atoms. The highest BCUT2D eigenvalue weighted by atomic mass is 16.3. The van der Waals surface area contributed by atoms with E-state index in [1.165, 1.54) is 6.42 Å². The van der Waals surface area contributed by atoms with Gasteiger partial charge in [0.1, 0.15) is 0 Å². The molecule has 1 aromatic heterocycles. The largest absolute Gasteiger partial charge is 0.393 e. The quantitative estimate of drug-likeness (QED) is 0.794. The highest BCUT2D eigenvalue weighted by Gasteiger charge is 2.26. The Morgan fingerprint density at radius 1 is 1.25 bits per heavy atom. The Labute approximate surface area is 119 Å². The third-order valence-electron chi connectivity index (χ3n) is 4.67. The van der Waals surface area contributed by atoms with Gasteiger partial charge in [0.25, 0.3) is 0 Å². The molecule has 1 aromatic rings. The summed E-state index contributed by atoms with van der Waals surface area (Å²) in [5, 5.41) is 19.7. The van der Waals surface area contributed by atoms with Gasteiger partial charge in [0.15, 0.2) is 5.82 Å². The number of carbonyl (C=O) groups excluding carboxylic acids is 1. The molecule has 3 N–H and O–H groups in total. The first-order chi connectivity index (χ1) is 9.72. The predicted octanol–water partition coefficient (Wildman–Crippen LogP) is 2.56. The lowest BCUT2D eigenvalue weighted by Gasteiger charge is -2.19. The van der Waals surface area contributed by atoms with Crippen LogP contribution >= 0.6 is 0 Å². The van der Waals surface area contributed by atoms with Crippen molar-refractivity contribution in [2.45, 2.75) is 63.4 Å². The summed E-state index contributed by atoms with van der Waals surface area (Å²) in [6.07, 6.45) is 8.00. The van der Waals surface area contributed by atoms with Crippen LogP contribution in [0.25, 0.3) is 0 Å². The number of aromatic nitrogens is 2. The molecule has 110 valence electrons. The summed E-state index contributed by atoms with van der Waals surface area (Å²) < 4.78 is 0. The number of aliphatic hydroxyl groups is 1. The van der Waals surface area contributed by atoms with E-state index in [1.54, 1.807) is 0 Å². The first-order valence-corrected chi connectivity index (χ1v) is 7.76. The molecule has 20 heavy (non-hydrogen) atoms. The van der Waals surface area contributed by atoms with E-state index in [-0.39, 0.29) is 17.9 Å². The lowest BCUT2D eigenvalue weighted by atomic mass is 9.89. The van der Waals surface area contributed by atoms with Crippen molar-refractivity contribution >= 4 is 11.7 Å². The smallest absolute Gasteiger partial charge is 0.228 e.